The summed E-state index contributed by atoms with van der Waals surface area (Å²) in [5, 5.41) is 3.22. The van der Waals surface area contributed by atoms with Crippen LogP contribution in [0.4, 0.5) is 5.69 Å². The molecule has 2 aromatic rings. The average molecular weight is 367 g/mol. The fraction of sp³-hybridized carbons (Fsp3) is 0.409. The first-order valence-corrected chi connectivity index (χ1v) is 9.53. The van der Waals surface area contributed by atoms with Crippen LogP contribution in [-0.2, 0) is 16.6 Å². The quantitative estimate of drug-likeness (QED) is 0.603. The number of anilines is 1. The van der Waals surface area contributed by atoms with Crippen LogP contribution in [0.15, 0.2) is 53.5 Å². The summed E-state index contributed by atoms with van der Waals surface area (Å²) in [6.45, 7) is 4.26. The van der Waals surface area contributed by atoms with Gasteiger partial charge in [-0.25, -0.2) is 0 Å². The predicted molar refractivity (Wildman–Crippen MR) is 111 cm³/mol. The number of hydrogen-bond donors (Lipinski definition) is 2. The van der Waals surface area contributed by atoms with E-state index in [1.54, 1.807) is 7.11 Å². The zero-order valence-corrected chi connectivity index (χ0v) is 16.2. The highest BCUT2D eigenvalue weighted by Crippen LogP contribution is 2.36. The van der Waals surface area contributed by atoms with Gasteiger partial charge in [-0.3, -0.25) is 4.99 Å². The van der Waals surface area contributed by atoms with Gasteiger partial charge < -0.3 is 20.5 Å². The maximum Gasteiger partial charge on any atom is 0.193 e. The predicted octanol–water partition coefficient (Wildman–Crippen LogP) is 3.73. The molecule has 3 rings (SSSR count). The van der Waals surface area contributed by atoms with E-state index < -0.39 is 0 Å². The van der Waals surface area contributed by atoms with Crippen molar-refractivity contribution < 1.29 is 9.47 Å². The molecule has 1 aliphatic rings. The largest absolute Gasteiger partial charge is 0.497 e. The Morgan fingerprint density at radius 2 is 1.93 bits per heavy atom. The minimum atomic E-state index is -0.0535. The van der Waals surface area contributed by atoms with Gasteiger partial charge in [-0.1, -0.05) is 31.2 Å². The number of benzene rings is 2. The highest BCUT2D eigenvalue weighted by atomic mass is 16.5. The Balaban J connectivity index is 1.76. The van der Waals surface area contributed by atoms with Gasteiger partial charge in [0.25, 0.3) is 0 Å². The monoisotopic (exact) mass is 367 g/mol. The second kappa shape index (κ2) is 8.91. The molecule has 1 fully saturated rings. The number of guanidine groups is 1. The molecule has 1 saturated heterocycles. The van der Waals surface area contributed by atoms with Crippen LogP contribution >= 0.6 is 0 Å². The van der Waals surface area contributed by atoms with E-state index in [-0.39, 0.29) is 5.41 Å². The van der Waals surface area contributed by atoms with Crippen molar-refractivity contribution in [2.24, 2.45) is 10.7 Å². The average Bonchev–Trinajstić information content (AvgIpc) is 2.73. The van der Waals surface area contributed by atoms with Crippen LogP contribution < -0.4 is 15.8 Å². The molecular formula is C22H29N3O2. The van der Waals surface area contributed by atoms with Crippen molar-refractivity contribution in [1.29, 1.82) is 0 Å². The van der Waals surface area contributed by atoms with Crippen molar-refractivity contribution in [2.45, 2.75) is 31.6 Å². The zero-order valence-electron chi connectivity index (χ0n) is 16.2. The van der Waals surface area contributed by atoms with Crippen molar-refractivity contribution in [3.05, 3.63) is 59.7 Å². The Bertz CT molecular complexity index is 765. The zero-order chi connectivity index (χ0) is 19.1. The molecule has 1 aliphatic heterocycles. The van der Waals surface area contributed by atoms with E-state index in [1.165, 1.54) is 11.1 Å². The van der Waals surface area contributed by atoms with E-state index in [1.807, 2.05) is 24.3 Å². The lowest BCUT2D eigenvalue weighted by Crippen LogP contribution is -2.38. The molecule has 0 aliphatic carbocycles. The first kappa shape index (κ1) is 19.2. The van der Waals surface area contributed by atoms with Crippen molar-refractivity contribution in [3.63, 3.8) is 0 Å². The molecule has 5 heteroatoms. The van der Waals surface area contributed by atoms with Gasteiger partial charge in [0.1, 0.15) is 5.75 Å². The standard InChI is InChI=1S/C22H29N3O2/c1-3-17-5-4-6-19(15-17)25-21(23)24-16-22(11-13-27-14-12-22)18-7-9-20(26-2)10-8-18/h4-10,15H,3,11-14,16H2,1-2H3,(H3,23,24,25). The normalized spacial score (nSPS) is 16.7. The van der Waals surface area contributed by atoms with Gasteiger partial charge in [0, 0.05) is 24.3 Å². The lowest BCUT2D eigenvalue weighted by atomic mass is 9.74. The van der Waals surface area contributed by atoms with E-state index >= 15 is 0 Å². The summed E-state index contributed by atoms with van der Waals surface area (Å²) >= 11 is 0. The number of ether oxygens (including phenoxy) is 2. The van der Waals surface area contributed by atoms with E-state index in [2.05, 4.69) is 41.5 Å². The molecule has 5 nitrogen and oxygen atoms in total. The van der Waals surface area contributed by atoms with E-state index in [4.69, 9.17) is 15.2 Å². The number of hydrogen-bond acceptors (Lipinski definition) is 3. The topological polar surface area (TPSA) is 68.9 Å². The van der Waals surface area contributed by atoms with Gasteiger partial charge in [-0.05, 0) is 54.7 Å². The summed E-state index contributed by atoms with van der Waals surface area (Å²) in [4.78, 5) is 4.69. The van der Waals surface area contributed by atoms with Crippen LogP contribution in [0.3, 0.4) is 0 Å². The fourth-order valence-electron chi connectivity index (χ4n) is 3.54. The summed E-state index contributed by atoms with van der Waals surface area (Å²) in [7, 11) is 1.68. The van der Waals surface area contributed by atoms with Crippen LogP contribution in [0.1, 0.15) is 30.9 Å². The summed E-state index contributed by atoms with van der Waals surface area (Å²) in [6, 6.07) is 16.5. The third kappa shape index (κ3) is 4.80. The lowest BCUT2D eigenvalue weighted by Gasteiger charge is -2.36. The number of nitrogens with two attached hydrogens (primary N) is 1. The molecule has 0 unspecified atom stereocenters. The molecule has 0 spiro atoms. The molecular weight excluding hydrogens is 338 g/mol. The Labute approximate surface area is 161 Å². The number of nitrogens with one attached hydrogen (secondary N) is 1. The van der Waals surface area contributed by atoms with E-state index in [9.17, 15) is 0 Å². The molecule has 27 heavy (non-hydrogen) atoms. The Morgan fingerprint density at radius 1 is 1.19 bits per heavy atom. The van der Waals surface area contributed by atoms with Gasteiger partial charge in [-0.2, -0.15) is 0 Å². The van der Waals surface area contributed by atoms with Gasteiger partial charge in [0.05, 0.1) is 13.7 Å². The lowest BCUT2D eigenvalue weighted by molar-refractivity contribution is 0.0531. The van der Waals surface area contributed by atoms with Crippen molar-refractivity contribution in [2.75, 3.05) is 32.2 Å². The van der Waals surface area contributed by atoms with Crippen molar-refractivity contribution >= 4 is 11.6 Å². The minimum Gasteiger partial charge on any atom is -0.497 e. The first-order valence-electron chi connectivity index (χ1n) is 9.53. The highest BCUT2D eigenvalue weighted by molar-refractivity contribution is 5.92. The van der Waals surface area contributed by atoms with Crippen LogP contribution in [0.5, 0.6) is 5.75 Å². The van der Waals surface area contributed by atoms with Crippen LogP contribution in [-0.4, -0.2) is 32.8 Å². The number of methoxy groups -OCH3 is 1. The van der Waals surface area contributed by atoms with Gasteiger partial charge in [0.15, 0.2) is 5.96 Å². The van der Waals surface area contributed by atoms with Gasteiger partial charge >= 0.3 is 0 Å². The molecule has 0 saturated carbocycles. The summed E-state index contributed by atoms with van der Waals surface area (Å²) < 4.78 is 10.9. The van der Waals surface area contributed by atoms with Crippen LogP contribution in [0.25, 0.3) is 0 Å². The third-order valence-electron chi connectivity index (χ3n) is 5.31. The van der Waals surface area contributed by atoms with E-state index in [0.717, 1.165) is 43.9 Å². The molecule has 2 aromatic carbocycles. The number of rotatable bonds is 6. The highest BCUT2D eigenvalue weighted by Gasteiger charge is 2.34. The Kier molecular flexibility index (Phi) is 6.35. The Hall–Kier alpha value is -2.53. The van der Waals surface area contributed by atoms with Crippen molar-refractivity contribution in [3.8, 4) is 5.75 Å². The first-order chi connectivity index (χ1) is 13.1. The van der Waals surface area contributed by atoms with Gasteiger partial charge in [-0.15, -0.1) is 0 Å². The second-order valence-corrected chi connectivity index (χ2v) is 7.00. The number of aliphatic imine (C=N–C) groups is 1. The van der Waals surface area contributed by atoms with E-state index in [0.29, 0.717) is 12.5 Å². The smallest absolute Gasteiger partial charge is 0.193 e. The SMILES string of the molecule is CCc1cccc(NC(N)=NCC2(c3ccc(OC)cc3)CCOCC2)c1. The molecule has 0 bridgehead atoms. The van der Waals surface area contributed by atoms with Gasteiger partial charge in [0.2, 0.25) is 0 Å². The third-order valence-corrected chi connectivity index (χ3v) is 5.31. The molecule has 3 N–H and O–H groups in total. The number of aryl methyl sites for hydroxylation is 1. The van der Waals surface area contributed by atoms with Crippen molar-refractivity contribution in [1.82, 2.24) is 0 Å². The summed E-state index contributed by atoms with van der Waals surface area (Å²) in [5.41, 5.74) is 9.64. The van der Waals surface area contributed by atoms with Crippen LogP contribution in [0.2, 0.25) is 0 Å². The number of nitrogens with zero attached hydrogens (tertiary/aromatic N) is 1. The molecule has 0 amide bonds. The van der Waals surface area contributed by atoms with Crippen LogP contribution in [0, 0.1) is 0 Å². The minimum absolute atomic E-state index is 0.0535. The molecule has 0 aromatic heterocycles. The maximum absolute atomic E-state index is 6.18. The molecule has 0 radical (unpaired) electrons. The second-order valence-electron chi connectivity index (χ2n) is 7.00. The maximum atomic E-state index is 6.18. The summed E-state index contributed by atoms with van der Waals surface area (Å²) in [6.07, 6.45) is 2.86. The molecule has 0 atom stereocenters. The molecule has 144 valence electrons. The fourth-order valence-corrected chi connectivity index (χ4v) is 3.54. The summed E-state index contributed by atoms with van der Waals surface area (Å²) in [5.74, 6) is 1.31. The Morgan fingerprint density at radius 3 is 2.59 bits per heavy atom. The molecule has 1 heterocycles.